The monoisotopic (exact) mass is 436 g/mol. The largest absolute Gasteiger partial charge is 0.461 e. The summed E-state index contributed by atoms with van der Waals surface area (Å²) in [6.45, 7) is 4.66. The van der Waals surface area contributed by atoms with Gasteiger partial charge in [0.15, 0.2) is 6.04 Å². The fourth-order valence-electron chi connectivity index (χ4n) is 2.76. The summed E-state index contributed by atoms with van der Waals surface area (Å²) in [5.74, 6) is -4.24. The molecule has 0 saturated carbocycles. The Morgan fingerprint density at radius 1 is 0.871 bits per heavy atom. The number of hydrogen-bond donors (Lipinski definition) is 2. The van der Waals surface area contributed by atoms with Gasteiger partial charge in [-0.15, -0.1) is 0 Å². The fourth-order valence-corrected chi connectivity index (χ4v) is 2.76. The molecular weight excluding hydrogens is 413 g/mol. The summed E-state index contributed by atoms with van der Waals surface area (Å²) in [6.07, 6.45) is -0.792. The molecule has 0 unspecified atom stereocenters. The molecule has 0 heterocycles. The molecule has 0 aromatic heterocycles. The molecule has 0 aliphatic carbocycles. The number of hydrogen-bond acceptors (Lipinski definition) is 4. The van der Waals surface area contributed by atoms with Gasteiger partial charge in [0.05, 0.1) is 12.5 Å². The van der Waals surface area contributed by atoms with Gasteiger partial charge in [0.1, 0.15) is 23.5 Å². The summed E-state index contributed by atoms with van der Waals surface area (Å²) in [4.78, 5) is 37.1. The van der Waals surface area contributed by atoms with E-state index in [0.717, 1.165) is 24.3 Å². The van der Waals surface area contributed by atoms with Gasteiger partial charge in [0, 0.05) is 6.07 Å². The highest BCUT2D eigenvalue weighted by atomic mass is 19.1. The van der Waals surface area contributed by atoms with Crippen LogP contribution in [-0.4, -0.2) is 29.9 Å². The average Bonchev–Trinajstić information content (AvgIpc) is 2.65. The van der Waals surface area contributed by atoms with Crippen LogP contribution in [0.15, 0.2) is 42.5 Å². The number of carbonyl (C=O) groups is 3. The van der Waals surface area contributed by atoms with Crippen molar-refractivity contribution in [1.82, 2.24) is 10.6 Å². The van der Waals surface area contributed by atoms with Crippen molar-refractivity contribution in [3.05, 3.63) is 71.0 Å². The quantitative estimate of drug-likeness (QED) is 0.624. The number of halogens is 3. The van der Waals surface area contributed by atoms with Crippen LogP contribution in [0.1, 0.15) is 37.9 Å². The minimum Gasteiger partial charge on any atom is -0.461 e. The molecule has 2 rings (SSSR count). The zero-order valence-corrected chi connectivity index (χ0v) is 17.2. The molecule has 0 aliphatic rings. The van der Waals surface area contributed by atoms with Crippen molar-refractivity contribution in [2.45, 2.75) is 45.4 Å². The Kier molecular flexibility index (Phi) is 8.18. The summed E-state index contributed by atoms with van der Waals surface area (Å²) in [5, 5.41) is 4.88. The molecule has 0 spiro atoms. The number of carbonyl (C=O) groups excluding carboxylic acids is 3. The standard InChI is InChI=1S/C22H23F3N2O4/c1-12(2)31-22(30)20(15-4-6-16(23)7-5-15)27-21(29)13(3)26-19(28)10-14-8-17(24)11-18(25)9-14/h4-9,11-13,20H,10H2,1-3H3,(H,26,28)(H,27,29)/t13-,20-/m0/s1. The lowest BCUT2D eigenvalue weighted by Gasteiger charge is -2.22. The zero-order chi connectivity index (χ0) is 23.1. The molecular formula is C22H23F3N2O4. The molecule has 2 amide bonds. The molecule has 6 nitrogen and oxygen atoms in total. The van der Waals surface area contributed by atoms with E-state index >= 15 is 0 Å². The second-order valence-electron chi connectivity index (χ2n) is 7.22. The Hall–Kier alpha value is -3.36. The second kappa shape index (κ2) is 10.6. The van der Waals surface area contributed by atoms with E-state index in [2.05, 4.69) is 10.6 Å². The van der Waals surface area contributed by atoms with Crippen LogP contribution in [0.4, 0.5) is 13.2 Å². The summed E-state index contributed by atoms with van der Waals surface area (Å²) in [6, 6.07) is 5.38. The minimum atomic E-state index is -1.22. The Morgan fingerprint density at radius 2 is 1.45 bits per heavy atom. The van der Waals surface area contributed by atoms with E-state index in [1.54, 1.807) is 13.8 Å². The molecule has 2 atom stereocenters. The van der Waals surface area contributed by atoms with E-state index in [1.165, 1.54) is 19.1 Å². The first-order chi connectivity index (χ1) is 14.5. The van der Waals surface area contributed by atoms with Crippen molar-refractivity contribution in [3.8, 4) is 0 Å². The number of ether oxygens (including phenoxy) is 1. The van der Waals surface area contributed by atoms with Gasteiger partial charge in [-0.2, -0.15) is 0 Å². The predicted octanol–water partition coefficient (Wildman–Crippen LogP) is 2.96. The summed E-state index contributed by atoms with van der Waals surface area (Å²) >= 11 is 0. The van der Waals surface area contributed by atoms with Crippen molar-refractivity contribution < 1.29 is 32.3 Å². The van der Waals surface area contributed by atoms with Gasteiger partial charge in [0.2, 0.25) is 11.8 Å². The van der Waals surface area contributed by atoms with Gasteiger partial charge in [-0.25, -0.2) is 18.0 Å². The number of nitrogens with one attached hydrogen (secondary N) is 2. The zero-order valence-electron chi connectivity index (χ0n) is 17.2. The van der Waals surface area contributed by atoms with Gasteiger partial charge in [-0.3, -0.25) is 9.59 Å². The molecule has 0 radical (unpaired) electrons. The van der Waals surface area contributed by atoms with E-state index in [0.29, 0.717) is 11.6 Å². The normalized spacial score (nSPS) is 12.7. The third-order valence-electron chi connectivity index (χ3n) is 4.14. The van der Waals surface area contributed by atoms with Gasteiger partial charge < -0.3 is 15.4 Å². The molecule has 2 aromatic carbocycles. The smallest absolute Gasteiger partial charge is 0.333 e. The van der Waals surface area contributed by atoms with Crippen LogP contribution < -0.4 is 10.6 Å². The molecule has 9 heteroatoms. The highest BCUT2D eigenvalue weighted by molar-refractivity contribution is 5.91. The lowest BCUT2D eigenvalue weighted by Crippen LogP contribution is -2.48. The summed E-state index contributed by atoms with van der Waals surface area (Å²) in [7, 11) is 0. The summed E-state index contributed by atoms with van der Waals surface area (Å²) in [5.41, 5.74) is 0.404. The predicted molar refractivity (Wildman–Crippen MR) is 106 cm³/mol. The maximum atomic E-state index is 13.3. The molecule has 0 aliphatic heterocycles. The molecule has 166 valence electrons. The van der Waals surface area contributed by atoms with Crippen LogP contribution in [0.3, 0.4) is 0 Å². The van der Waals surface area contributed by atoms with Crippen LogP contribution >= 0.6 is 0 Å². The van der Waals surface area contributed by atoms with Gasteiger partial charge in [-0.1, -0.05) is 12.1 Å². The Bertz CT molecular complexity index is 928. The molecule has 2 aromatic rings. The third-order valence-corrected chi connectivity index (χ3v) is 4.14. The number of benzene rings is 2. The lowest BCUT2D eigenvalue weighted by molar-refractivity contribution is -0.151. The molecule has 0 saturated heterocycles. The number of rotatable bonds is 8. The molecule has 0 fully saturated rings. The van der Waals surface area contributed by atoms with E-state index in [4.69, 9.17) is 4.74 Å². The Balaban J connectivity index is 2.06. The summed E-state index contributed by atoms with van der Waals surface area (Å²) < 4.78 is 44.9. The molecule has 2 N–H and O–H groups in total. The van der Waals surface area contributed by atoms with Gasteiger partial charge in [0.25, 0.3) is 0 Å². The number of esters is 1. The molecule has 0 bridgehead atoms. The van der Waals surface area contributed by atoms with Crippen LogP contribution in [0, 0.1) is 17.5 Å². The highest BCUT2D eigenvalue weighted by Crippen LogP contribution is 2.17. The van der Waals surface area contributed by atoms with Gasteiger partial charge >= 0.3 is 5.97 Å². The topological polar surface area (TPSA) is 84.5 Å². The minimum absolute atomic E-state index is 0.104. The highest BCUT2D eigenvalue weighted by Gasteiger charge is 2.27. The second-order valence-corrected chi connectivity index (χ2v) is 7.22. The number of amides is 2. The third kappa shape index (κ3) is 7.44. The van der Waals surface area contributed by atoms with E-state index in [1.807, 2.05) is 0 Å². The van der Waals surface area contributed by atoms with Crippen LogP contribution in [0.2, 0.25) is 0 Å². The van der Waals surface area contributed by atoms with Crippen molar-refractivity contribution in [1.29, 1.82) is 0 Å². The average molecular weight is 436 g/mol. The maximum Gasteiger partial charge on any atom is 0.333 e. The van der Waals surface area contributed by atoms with Crippen LogP contribution in [-0.2, 0) is 25.5 Å². The first-order valence-corrected chi connectivity index (χ1v) is 9.56. The van der Waals surface area contributed by atoms with Crippen molar-refractivity contribution in [2.75, 3.05) is 0 Å². The van der Waals surface area contributed by atoms with E-state index in [9.17, 15) is 27.6 Å². The first-order valence-electron chi connectivity index (χ1n) is 9.56. The Labute approximate surface area is 177 Å². The van der Waals surface area contributed by atoms with Crippen molar-refractivity contribution >= 4 is 17.8 Å². The van der Waals surface area contributed by atoms with Gasteiger partial charge in [-0.05, 0) is 56.2 Å². The van der Waals surface area contributed by atoms with Crippen LogP contribution in [0.25, 0.3) is 0 Å². The van der Waals surface area contributed by atoms with Crippen molar-refractivity contribution in [3.63, 3.8) is 0 Å². The van der Waals surface area contributed by atoms with E-state index < -0.39 is 53.4 Å². The lowest BCUT2D eigenvalue weighted by atomic mass is 10.1. The SMILES string of the molecule is CC(C)OC(=O)[C@@H](NC(=O)[C@H](C)NC(=O)Cc1cc(F)cc(F)c1)c1ccc(F)cc1. The van der Waals surface area contributed by atoms with Crippen LogP contribution in [0.5, 0.6) is 0 Å². The molecule has 31 heavy (non-hydrogen) atoms. The fraction of sp³-hybridized carbons (Fsp3) is 0.318. The van der Waals surface area contributed by atoms with E-state index in [-0.39, 0.29) is 12.0 Å². The maximum absolute atomic E-state index is 13.3. The van der Waals surface area contributed by atoms with Crippen molar-refractivity contribution in [2.24, 2.45) is 0 Å². The Morgan fingerprint density at radius 3 is 2.00 bits per heavy atom. The first kappa shape index (κ1) is 23.9.